The average Bonchev–Trinajstić information content (AvgIpc) is 2.62. The fraction of sp³-hybridized carbons (Fsp3) is 0.273. The highest BCUT2D eigenvalue weighted by Gasteiger charge is 2.30. The molecule has 5 nitrogen and oxygen atoms in total. The normalized spacial score (nSPS) is 11.6. The minimum atomic E-state index is -1.10. The molecule has 0 fully saturated rings. The Morgan fingerprint density at radius 1 is 1.11 bits per heavy atom. The van der Waals surface area contributed by atoms with E-state index in [1.54, 1.807) is 50.2 Å². The van der Waals surface area contributed by atoms with Gasteiger partial charge in [-0.3, -0.25) is 9.59 Å². The molecule has 0 bridgehead atoms. The number of anilines is 1. The number of hydrogen-bond acceptors (Lipinski definition) is 3. The molecule has 28 heavy (non-hydrogen) atoms. The van der Waals surface area contributed by atoms with Gasteiger partial charge in [0.25, 0.3) is 5.91 Å². The summed E-state index contributed by atoms with van der Waals surface area (Å²) in [6, 6.07) is 13.9. The first kappa shape index (κ1) is 20.0. The predicted octanol–water partition coefficient (Wildman–Crippen LogP) is 5.10. The molecule has 6 heteroatoms. The van der Waals surface area contributed by atoms with Gasteiger partial charge in [0.05, 0.1) is 5.52 Å². The van der Waals surface area contributed by atoms with Crippen LogP contribution in [0.25, 0.3) is 10.9 Å². The van der Waals surface area contributed by atoms with Gasteiger partial charge >= 0.3 is 0 Å². The number of nitrogens with one attached hydrogen (secondary N) is 2. The van der Waals surface area contributed by atoms with Crippen molar-refractivity contribution >= 4 is 34.1 Å². The van der Waals surface area contributed by atoms with Crippen molar-refractivity contribution in [2.75, 3.05) is 5.32 Å². The van der Waals surface area contributed by atoms with Gasteiger partial charge in [-0.25, -0.2) is 0 Å². The smallest absolute Gasteiger partial charge is 0.267 e. The minimum absolute atomic E-state index is 0.161. The van der Waals surface area contributed by atoms with Crippen LogP contribution in [0, 0.1) is 0 Å². The summed E-state index contributed by atoms with van der Waals surface area (Å²) in [4.78, 5) is 27.5. The van der Waals surface area contributed by atoms with Crippen molar-refractivity contribution in [2.45, 2.75) is 39.2 Å². The van der Waals surface area contributed by atoms with Gasteiger partial charge < -0.3 is 15.0 Å². The van der Waals surface area contributed by atoms with Crippen LogP contribution in [-0.2, 0) is 4.79 Å². The van der Waals surface area contributed by atoms with E-state index >= 15 is 0 Å². The maximum absolute atomic E-state index is 12.7. The van der Waals surface area contributed by atoms with Crippen molar-refractivity contribution in [3.8, 4) is 5.75 Å². The molecule has 1 amide bonds. The second-order valence-corrected chi connectivity index (χ2v) is 7.96. The lowest BCUT2D eigenvalue weighted by atomic mass is 9.98. The monoisotopic (exact) mass is 398 g/mol. The quantitative estimate of drug-likeness (QED) is 0.628. The fourth-order valence-corrected chi connectivity index (χ4v) is 3.09. The molecule has 0 aliphatic carbocycles. The average molecular weight is 399 g/mol. The lowest BCUT2D eigenvalue weighted by Gasteiger charge is -2.25. The summed E-state index contributed by atoms with van der Waals surface area (Å²) in [5.41, 5.74) is 0.983. The van der Waals surface area contributed by atoms with Crippen molar-refractivity contribution < 1.29 is 9.53 Å². The molecule has 0 saturated heterocycles. The third-order valence-electron chi connectivity index (χ3n) is 4.49. The Morgan fingerprint density at radius 3 is 2.43 bits per heavy atom. The van der Waals surface area contributed by atoms with E-state index in [1.807, 2.05) is 26.0 Å². The molecule has 2 aromatic carbocycles. The van der Waals surface area contributed by atoms with Crippen LogP contribution in [0.4, 0.5) is 5.69 Å². The van der Waals surface area contributed by atoms with Gasteiger partial charge in [0.2, 0.25) is 5.56 Å². The van der Waals surface area contributed by atoms with E-state index in [1.165, 1.54) is 0 Å². The molecule has 0 saturated carbocycles. The Balaban J connectivity index is 1.84. The van der Waals surface area contributed by atoms with Crippen molar-refractivity contribution in [3.63, 3.8) is 0 Å². The third kappa shape index (κ3) is 4.37. The Hall–Kier alpha value is -2.79. The zero-order chi connectivity index (χ0) is 20.5. The van der Waals surface area contributed by atoms with E-state index in [9.17, 15) is 9.59 Å². The van der Waals surface area contributed by atoms with Crippen LogP contribution in [0.5, 0.6) is 5.75 Å². The van der Waals surface area contributed by atoms with E-state index < -0.39 is 5.60 Å². The minimum Gasteiger partial charge on any atom is -0.478 e. The number of benzene rings is 2. The van der Waals surface area contributed by atoms with Crippen LogP contribution in [-0.4, -0.2) is 16.5 Å². The van der Waals surface area contributed by atoms with Gasteiger partial charge in [0, 0.05) is 22.2 Å². The summed E-state index contributed by atoms with van der Waals surface area (Å²) >= 11 is 5.88. The van der Waals surface area contributed by atoms with Crippen LogP contribution < -0.4 is 15.6 Å². The molecular weight excluding hydrogens is 376 g/mol. The molecule has 0 radical (unpaired) electrons. The van der Waals surface area contributed by atoms with E-state index in [-0.39, 0.29) is 17.4 Å². The Labute approximate surface area is 168 Å². The maximum Gasteiger partial charge on any atom is 0.267 e. The molecule has 3 rings (SSSR count). The number of halogens is 1. The predicted molar refractivity (Wildman–Crippen MR) is 113 cm³/mol. The number of rotatable bonds is 5. The van der Waals surface area contributed by atoms with Crippen molar-refractivity contribution in [1.82, 2.24) is 4.98 Å². The first-order chi connectivity index (χ1) is 13.2. The Morgan fingerprint density at radius 2 is 1.79 bits per heavy atom. The van der Waals surface area contributed by atoms with Gasteiger partial charge in [-0.05, 0) is 61.7 Å². The highest BCUT2D eigenvalue weighted by Crippen LogP contribution is 2.26. The summed E-state index contributed by atoms with van der Waals surface area (Å²) in [5.74, 6) is 0.468. The van der Waals surface area contributed by atoms with Gasteiger partial charge in [-0.1, -0.05) is 31.5 Å². The number of carbonyl (C=O) groups is 1. The van der Waals surface area contributed by atoms with Crippen LogP contribution >= 0.6 is 11.6 Å². The lowest BCUT2D eigenvalue weighted by molar-refractivity contribution is -0.128. The molecule has 1 aromatic heterocycles. The number of amides is 1. The standard InChI is InChI=1S/C22H23ClN2O3/c1-13(2)18-12-20(26)25-19-11-15(7-10-17(18)19)24-21(27)22(3,4)28-16-8-5-14(23)6-9-16/h5-13H,1-4H3,(H,24,27)(H,25,26). The van der Waals surface area contributed by atoms with E-state index in [4.69, 9.17) is 16.3 Å². The Bertz CT molecular complexity index is 1070. The first-order valence-corrected chi connectivity index (χ1v) is 9.46. The van der Waals surface area contributed by atoms with Crippen LogP contribution in [0.3, 0.4) is 0 Å². The van der Waals surface area contributed by atoms with Crippen LogP contribution in [0.15, 0.2) is 53.3 Å². The number of hydrogen-bond donors (Lipinski definition) is 2. The number of fused-ring (bicyclic) bond motifs is 1. The van der Waals surface area contributed by atoms with E-state index in [2.05, 4.69) is 10.3 Å². The van der Waals surface area contributed by atoms with Crippen molar-refractivity contribution in [2.24, 2.45) is 0 Å². The summed E-state index contributed by atoms with van der Waals surface area (Å²) < 4.78 is 5.82. The highest BCUT2D eigenvalue weighted by molar-refractivity contribution is 6.30. The topological polar surface area (TPSA) is 71.2 Å². The van der Waals surface area contributed by atoms with Crippen molar-refractivity contribution in [1.29, 1.82) is 0 Å². The molecular formula is C22H23ClN2O3. The number of pyridine rings is 1. The van der Waals surface area contributed by atoms with E-state index in [0.29, 0.717) is 22.0 Å². The molecule has 0 atom stereocenters. The van der Waals surface area contributed by atoms with E-state index in [0.717, 1.165) is 10.9 Å². The van der Waals surface area contributed by atoms with Crippen LogP contribution in [0.2, 0.25) is 5.02 Å². The third-order valence-corrected chi connectivity index (χ3v) is 4.74. The van der Waals surface area contributed by atoms with Crippen molar-refractivity contribution in [3.05, 3.63) is 69.5 Å². The van der Waals surface area contributed by atoms with Gasteiger partial charge in [0.15, 0.2) is 5.60 Å². The fourth-order valence-electron chi connectivity index (χ4n) is 2.97. The molecule has 1 heterocycles. The number of carbonyl (C=O) groups excluding carboxylic acids is 1. The zero-order valence-electron chi connectivity index (χ0n) is 16.3. The Kier molecular flexibility index (Phi) is 5.47. The SMILES string of the molecule is CC(C)c1cc(=O)[nH]c2cc(NC(=O)C(C)(C)Oc3ccc(Cl)cc3)ccc12. The maximum atomic E-state index is 12.7. The molecule has 0 unspecified atom stereocenters. The number of H-pyrrole nitrogens is 1. The molecule has 3 aromatic rings. The summed E-state index contributed by atoms with van der Waals surface area (Å²) in [5, 5.41) is 4.42. The summed E-state index contributed by atoms with van der Waals surface area (Å²) in [7, 11) is 0. The molecule has 0 aliphatic rings. The summed E-state index contributed by atoms with van der Waals surface area (Å²) in [6.45, 7) is 7.47. The van der Waals surface area contributed by atoms with Gasteiger partial charge in [0.1, 0.15) is 5.75 Å². The van der Waals surface area contributed by atoms with Crippen LogP contribution in [0.1, 0.15) is 39.2 Å². The summed E-state index contributed by atoms with van der Waals surface area (Å²) in [6.07, 6.45) is 0. The molecule has 0 aliphatic heterocycles. The lowest BCUT2D eigenvalue weighted by Crippen LogP contribution is -2.42. The molecule has 2 N–H and O–H groups in total. The second-order valence-electron chi connectivity index (χ2n) is 7.52. The first-order valence-electron chi connectivity index (χ1n) is 9.09. The number of aromatic amines is 1. The highest BCUT2D eigenvalue weighted by atomic mass is 35.5. The zero-order valence-corrected chi connectivity index (χ0v) is 17.1. The largest absolute Gasteiger partial charge is 0.478 e. The molecule has 146 valence electrons. The number of ether oxygens (including phenoxy) is 1. The van der Waals surface area contributed by atoms with Gasteiger partial charge in [-0.2, -0.15) is 0 Å². The molecule has 0 spiro atoms. The van der Waals surface area contributed by atoms with Gasteiger partial charge in [-0.15, -0.1) is 0 Å². The number of aromatic nitrogens is 1. The second kappa shape index (κ2) is 7.68.